The van der Waals surface area contributed by atoms with Crippen LogP contribution in [0, 0.1) is 0 Å². The van der Waals surface area contributed by atoms with Crippen LogP contribution in [0.15, 0.2) is 46.9 Å². The van der Waals surface area contributed by atoms with Crippen LogP contribution < -0.4 is 14.2 Å². The summed E-state index contributed by atoms with van der Waals surface area (Å²) in [7, 11) is -1.07. The molecule has 7 heteroatoms. The Morgan fingerprint density at radius 3 is 2.15 bits per heavy atom. The predicted molar refractivity (Wildman–Crippen MR) is 120 cm³/mol. The molecule has 0 atom stereocenters. The molecule has 0 aliphatic heterocycles. The summed E-state index contributed by atoms with van der Waals surface area (Å²) in [4.78, 5) is 0. The average Bonchev–Trinajstić information content (AvgIpc) is 2.62. The second kappa shape index (κ2) is 11.1. The van der Waals surface area contributed by atoms with E-state index in [0.29, 0.717) is 6.61 Å². The molecule has 0 fully saturated rings. The van der Waals surface area contributed by atoms with Gasteiger partial charge in [0.2, 0.25) is 0 Å². The monoisotopic (exact) mass is 516 g/mol. The zero-order valence-corrected chi connectivity index (χ0v) is 20.1. The maximum atomic E-state index is 5.91. The van der Waals surface area contributed by atoms with Gasteiger partial charge in [-0.25, -0.2) is 0 Å². The first-order valence-electron chi connectivity index (χ1n) is 8.84. The van der Waals surface area contributed by atoms with Gasteiger partial charge in [-0.15, -0.1) is 0 Å². The van der Waals surface area contributed by atoms with Crippen molar-refractivity contribution in [3.8, 4) is 23.0 Å². The minimum Gasteiger partial charge on any atom is -0.493 e. The molecule has 4 nitrogen and oxygen atoms in total. The first-order valence-corrected chi connectivity index (χ1v) is 14.5. The van der Waals surface area contributed by atoms with Crippen molar-refractivity contribution in [3.05, 3.63) is 46.9 Å². The van der Waals surface area contributed by atoms with Crippen molar-refractivity contribution in [1.82, 2.24) is 0 Å². The molecule has 0 saturated carbocycles. The van der Waals surface area contributed by atoms with Crippen LogP contribution in [0.4, 0.5) is 0 Å². The van der Waals surface area contributed by atoms with Crippen LogP contribution >= 0.6 is 31.9 Å². The minimum absolute atomic E-state index is 0.257. The van der Waals surface area contributed by atoms with Gasteiger partial charge in [0.15, 0.2) is 6.79 Å². The largest absolute Gasteiger partial charge is 0.493 e. The average molecular weight is 518 g/mol. The molecule has 0 aliphatic rings. The molecule has 0 saturated heterocycles. The van der Waals surface area contributed by atoms with Crippen LogP contribution in [0.2, 0.25) is 25.7 Å². The van der Waals surface area contributed by atoms with E-state index >= 15 is 0 Å². The molecule has 0 spiro atoms. The Bertz CT molecular complexity index is 702. The number of hydrogen-bond acceptors (Lipinski definition) is 4. The van der Waals surface area contributed by atoms with E-state index in [1.807, 2.05) is 42.5 Å². The van der Waals surface area contributed by atoms with Crippen LogP contribution in [-0.4, -0.2) is 33.4 Å². The van der Waals surface area contributed by atoms with Gasteiger partial charge in [-0.2, -0.15) is 0 Å². The molecule has 0 N–H and O–H groups in total. The van der Waals surface area contributed by atoms with Gasteiger partial charge in [0.1, 0.15) is 23.0 Å². The molecule has 0 aliphatic carbocycles. The Morgan fingerprint density at radius 2 is 1.52 bits per heavy atom. The van der Waals surface area contributed by atoms with E-state index in [1.165, 1.54) is 0 Å². The van der Waals surface area contributed by atoms with Crippen molar-refractivity contribution in [2.45, 2.75) is 25.7 Å². The Kier molecular flexibility index (Phi) is 9.15. The molecule has 0 unspecified atom stereocenters. The lowest BCUT2D eigenvalue weighted by molar-refractivity contribution is 0.0220. The van der Waals surface area contributed by atoms with Crippen LogP contribution in [0.5, 0.6) is 23.0 Å². The van der Waals surface area contributed by atoms with Crippen molar-refractivity contribution < 1.29 is 18.9 Å². The van der Waals surface area contributed by atoms with Gasteiger partial charge in [0.25, 0.3) is 0 Å². The van der Waals surface area contributed by atoms with Gasteiger partial charge in [-0.3, -0.25) is 0 Å². The summed E-state index contributed by atoms with van der Waals surface area (Å²) in [5, 5.41) is 0.802. The lowest BCUT2D eigenvalue weighted by Crippen LogP contribution is -2.22. The highest BCUT2D eigenvalue weighted by Crippen LogP contribution is 2.33. The topological polar surface area (TPSA) is 36.9 Å². The van der Waals surface area contributed by atoms with Crippen molar-refractivity contribution in [1.29, 1.82) is 0 Å². The van der Waals surface area contributed by atoms with Crippen molar-refractivity contribution in [2.24, 2.45) is 0 Å². The van der Waals surface area contributed by atoms with E-state index in [-0.39, 0.29) is 6.79 Å². The van der Waals surface area contributed by atoms with Gasteiger partial charge in [0.05, 0.1) is 11.1 Å². The first kappa shape index (κ1) is 22.3. The number of alkyl halides is 1. The molecule has 2 aromatic carbocycles. The van der Waals surface area contributed by atoms with Gasteiger partial charge in [-0.05, 0) is 64.4 Å². The van der Waals surface area contributed by atoms with Crippen molar-refractivity contribution in [3.63, 3.8) is 0 Å². The summed E-state index contributed by atoms with van der Waals surface area (Å²) >= 11 is 6.87. The zero-order chi connectivity index (χ0) is 19.7. The standard InChI is InChI=1S/C20H26Br2O4Si/c1-27(2,3)13-12-23-15-25-18-8-9-20(19(22)14-18)26-17-6-4-16(5-7-17)24-11-10-21/h4-9,14H,10-13,15H2,1-3H3. The zero-order valence-electron chi connectivity index (χ0n) is 16.0. The Morgan fingerprint density at radius 1 is 0.852 bits per heavy atom. The fraction of sp³-hybridized carbons (Fsp3) is 0.400. The SMILES string of the molecule is C[Si](C)(C)CCOCOc1ccc(Oc2ccc(OCCBr)cc2)c(Br)c1. The smallest absolute Gasteiger partial charge is 0.189 e. The Labute approximate surface area is 179 Å². The van der Waals surface area contributed by atoms with Crippen LogP contribution in [-0.2, 0) is 4.74 Å². The van der Waals surface area contributed by atoms with Crippen LogP contribution in [0.1, 0.15) is 0 Å². The highest BCUT2D eigenvalue weighted by Gasteiger charge is 2.12. The normalized spacial score (nSPS) is 11.3. The fourth-order valence-electron chi connectivity index (χ4n) is 2.09. The van der Waals surface area contributed by atoms with E-state index in [4.69, 9.17) is 18.9 Å². The van der Waals surface area contributed by atoms with E-state index in [0.717, 1.165) is 45.5 Å². The second-order valence-electron chi connectivity index (χ2n) is 7.18. The van der Waals surface area contributed by atoms with Gasteiger partial charge >= 0.3 is 0 Å². The fourth-order valence-corrected chi connectivity index (χ4v) is 3.45. The lowest BCUT2D eigenvalue weighted by Gasteiger charge is -2.15. The van der Waals surface area contributed by atoms with Gasteiger partial charge < -0.3 is 18.9 Å². The molecular formula is C20H26Br2O4Si. The highest BCUT2D eigenvalue weighted by atomic mass is 79.9. The molecule has 27 heavy (non-hydrogen) atoms. The second-order valence-corrected chi connectivity index (χ2v) is 14.5. The Balaban J connectivity index is 1.83. The molecule has 0 amide bonds. The number of ether oxygens (including phenoxy) is 4. The third kappa shape index (κ3) is 8.68. The summed E-state index contributed by atoms with van der Waals surface area (Å²) in [5.74, 6) is 3.01. The molecule has 0 radical (unpaired) electrons. The highest BCUT2D eigenvalue weighted by molar-refractivity contribution is 9.10. The molecule has 148 valence electrons. The first-order chi connectivity index (χ1) is 12.9. The number of rotatable bonds is 11. The molecule has 2 aromatic rings. The third-order valence-electron chi connectivity index (χ3n) is 3.61. The molecular weight excluding hydrogens is 492 g/mol. The van der Waals surface area contributed by atoms with Crippen molar-refractivity contribution >= 4 is 39.9 Å². The molecule has 0 bridgehead atoms. The third-order valence-corrected chi connectivity index (χ3v) is 6.25. The van der Waals surface area contributed by atoms with Gasteiger partial charge in [0, 0.05) is 20.0 Å². The summed E-state index contributed by atoms with van der Waals surface area (Å²) in [6.07, 6.45) is 0. The Hall–Kier alpha value is -1.02. The van der Waals surface area contributed by atoms with Crippen LogP contribution in [0.25, 0.3) is 0 Å². The predicted octanol–water partition coefficient (Wildman–Crippen LogP) is 6.71. The number of hydrogen-bond donors (Lipinski definition) is 0. The quantitative estimate of drug-likeness (QED) is 0.144. The van der Waals surface area contributed by atoms with Crippen molar-refractivity contribution in [2.75, 3.05) is 25.3 Å². The van der Waals surface area contributed by atoms with Gasteiger partial charge in [-0.1, -0.05) is 35.6 Å². The van der Waals surface area contributed by atoms with E-state index in [9.17, 15) is 0 Å². The summed E-state index contributed by atoms with van der Waals surface area (Å²) < 4.78 is 23.5. The number of benzene rings is 2. The van der Waals surface area contributed by atoms with E-state index in [2.05, 4.69) is 51.5 Å². The molecule has 0 aromatic heterocycles. The maximum absolute atomic E-state index is 5.91. The lowest BCUT2D eigenvalue weighted by atomic mass is 10.3. The summed E-state index contributed by atoms with van der Waals surface area (Å²) in [5.41, 5.74) is 0. The summed E-state index contributed by atoms with van der Waals surface area (Å²) in [6, 6.07) is 14.3. The van der Waals surface area contributed by atoms with E-state index in [1.54, 1.807) is 0 Å². The van der Waals surface area contributed by atoms with Crippen LogP contribution in [0.3, 0.4) is 0 Å². The summed E-state index contributed by atoms with van der Waals surface area (Å²) in [6.45, 7) is 8.63. The molecule has 2 rings (SSSR count). The maximum Gasteiger partial charge on any atom is 0.189 e. The molecule has 0 heterocycles. The van der Waals surface area contributed by atoms with E-state index < -0.39 is 8.07 Å². The minimum atomic E-state index is -1.07. The number of halogens is 2.